The third-order valence-electron chi connectivity index (χ3n) is 3.21. The van der Waals surface area contributed by atoms with Crippen molar-refractivity contribution in [3.8, 4) is 0 Å². The molecule has 0 aromatic carbocycles. The van der Waals surface area contributed by atoms with Crippen LogP contribution in [-0.2, 0) is 4.74 Å². The van der Waals surface area contributed by atoms with Crippen molar-refractivity contribution >= 4 is 11.9 Å². The van der Waals surface area contributed by atoms with Gasteiger partial charge in [0.1, 0.15) is 11.4 Å². The van der Waals surface area contributed by atoms with Gasteiger partial charge in [0.15, 0.2) is 0 Å². The Morgan fingerprint density at radius 2 is 2.05 bits per heavy atom. The van der Waals surface area contributed by atoms with Crippen LogP contribution < -0.4 is 5.32 Å². The van der Waals surface area contributed by atoms with Crippen molar-refractivity contribution in [1.29, 1.82) is 0 Å². The summed E-state index contributed by atoms with van der Waals surface area (Å²) in [6, 6.07) is 4.87. The highest BCUT2D eigenvalue weighted by Gasteiger charge is 2.26. The Kier molecular flexibility index (Phi) is 4.65. The van der Waals surface area contributed by atoms with Crippen molar-refractivity contribution in [3.63, 3.8) is 0 Å². The average Bonchev–Trinajstić information content (AvgIpc) is 2.37. The molecule has 0 radical (unpaired) electrons. The minimum Gasteiger partial charge on any atom is -0.444 e. The number of pyridine rings is 1. The van der Waals surface area contributed by atoms with Crippen molar-refractivity contribution in [2.24, 2.45) is 0 Å². The Morgan fingerprint density at radius 3 is 2.62 bits per heavy atom. The molecule has 1 saturated heterocycles. The SMILES string of the molecule is CC(C)(C)OC(=O)N1CCC(Nc2cccc(F)n2)CC1. The number of hydrogen-bond donors (Lipinski definition) is 1. The number of hydrogen-bond acceptors (Lipinski definition) is 4. The minimum absolute atomic E-state index is 0.193. The van der Waals surface area contributed by atoms with E-state index in [1.165, 1.54) is 6.07 Å². The van der Waals surface area contributed by atoms with E-state index in [9.17, 15) is 9.18 Å². The smallest absolute Gasteiger partial charge is 0.410 e. The average molecular weight is 295 g/mol. The zero-order valence-corrected chi connectivity index (χ0v) is 12.7. The maximum absolute atomic E-state index is 13.0. The van der Waals surface area contributed by atoms with Gasteiger partial charge in [-0.2, -0.15) is 4.39 Å². The Hall–Kier alpha value is -1.85. The van der Waals surface area contributed by atoms with Crippen LogP contribution in [0.15, 0.2) is 18.2 Å². The lowest BCUT2D eigenvalue weighted by molar-refractivity contribution is 0.0210. The second-order valence-electron chi connectivity index (χ2n) is 6.23. The van der Waals surface area contributed by atoms with Crippen molar-refractivity contribution < 1.29 is 13.9 Å². The maximum Gasteiger partial charge on any atom is 0.410 e. The first-order valence-electron chi connectivity index (χ1n) is 7.20. The third-order valence-corrected chi connectivity index (χ3v) is 3.21. The van der Waals surface area contributed by atoms with E-state index in [1.807, 2.05) is 20.8 Å². The van der Waals surface area contributed by atoms with Gasteiger partial charge in [0.25, 0.3) is 0 Å². The number of piperidine rings is 1. The summed E-state index contributed by atoms with van der Waals surface area (Å²) in [6.07, 6.45) is 1.30. The molecule has 0 spiro atoms. The van der Waals surface area contributed by atoms with Crippen LogP contribution in [0.5, 0.6) is 0 Å². The summed E-state index contributed by atoms with van der Waals surface area (Å²) >= 11 is 0. The highest BCUT2D eigenvalue weighted by molar-refractivity contribution is 5.68. The molecular weight excluding hydrogens is 273 g/mol. The fourth-order valence-electron chi connectivity index (χ4n) is 2.23. The molecule has 5 nitrogen and oxygen atoms in total. The molecule has 0 atom stereocenters. The highest BCUT2D eigenvalue weighted by atomic mass is 19.1. The lowest BCUT2D eigenvalue weighted by Gasteiger charge is -2.33. The van der Waals surface area contributed by atoms with Crippen molar-refractivity contribution in [2.75, 3.05) is 18.4 Å². The number of carbonyl (C=O) groups excluding carboxylic acids is 1. The minimum atomic E-state index is -0.494. The predicted molar refractivity (Wildman–Crippen MR) is 78.6 cm³/mol. The van der Waals surface area contributed by atoms with Crippen molar-refractivity contribution in [2.45, 2.75) is 45.3 Å². The lowest BCUT2D eigenvalue weighted by Crippen LogP contribution is -2.44. The fourth-order valence-corrected chi connectivity index (χ4v) is 2.23. The largest absolute Gasteiger partial charge is 0.444 e. The molecule has 6 heteroatoms. The van der Waals surface area contributed by atoms with Gasteiger partial charge in [-0.3, -0.25) is 0 Å². The molecule has 0 bridgehead atoms. The summed E-state index contributed by atoms with van der Waals surface area (Å²) < 4.78 is 18.4. The van der Waals surface area contributed by atoms with Crippen LogP contribution in [0.25, 0.3) is 0 Å². The number of halogens is 1. The van der Waals surface area contributed by atoms with Crippen LogP contribution in [-0.4, -0.2) is 40.7 Å². The summed E-state index contributed by atoms with van der Waals surface area (Å²) in [4.78, 5) is 17.4. The van der Waals surface area contributed by atoms with Gasteiger partial charge >= 0.3 is 6.09 Å². The quantitative estimate of drug-likeness (QED) is 0.852. The number of anilines is 1. The predicted octanol–water partition coefficient (Wildman–Crippen LogP) is 3.03. The van der Waals surface area contributed by atoms with Crippen LogP contribution in [0.2, 0.25) is 0 Å². The molecule has 1 aliphatic heterocycles. The third kappa shape index (κ3) is 4.88. The van der Waals surface area contributed by atoms with E-state index < -0.39 is 11.5 Å². The molecule has 1 fully saturated rings. The number of nitrogens with one attached hydrogen (secondary N) is 1. The molecular formula is C15H22FN3O2. The Balaban J connectivity index is 1.82. The number of rotatable bonds is 2. The molecule has 1 aromatic rings. The maximum atomic E-state index is 13.0. The second-order valence-corrected chi connectivity index (χ2v) is 6.23. The van der Waals surface area contributed by atoms with Gasteiger partial charge in [-0.05, 0) is 45.7 Å². The van der Waals surface area contributed by atoms with Gasteiger partial charge in [-0.1, -0.05) is 6.07 Å². The Labute approximate surface area is 124 Å². The first-order valence-corrected chi connectivity index (χ1v) is 7.20. The number of carbonyl (C=O) groups is 1. The van der Waals surface area contributed by atoms with E-state index in [2.05, 4.69) is 10.3 Å². The van der Waals surface area contributed by atoms with Gasteiger partial charge in [0.05, 0.1) is 0 Å². The summed E-state index contributed by atoms with van der Waals surface area (Å²) in [7, 11) is 0. The summed E-state index contributed by atoms with van der Waals surface area (Å²) in [6.45, 7) is 6.82. The van der Waals surface area contributed by atoms with E-state index in [0.717, 1.165) is 12.8 Å². The lowest BCUT2D eigenvalue weighted by atomic mass is 10.1. The van der Waals surface area contributed by atoms with Crippen LogP contribution in [0.3, 0.4) is 0 Å². The number of likely N-dealkylation sites (tertiary alicyclic amines) is 1. The van der Waals surface area contributed by atoms with E-state index in [4.69, 9.17) is 4.74 Å². The van der Waals surface area contributed by atoms with Crippen LogP contribution in [0, 0.1) is 5.95 Å². The molecule has 1 amide bonds. The van der Waals surface area contributed by atoms with Crippen molar-refractivity contribution in [3.05, 3.63) is 24.1 Å². The number of nitrogens with zero attached hydrogens (tertiary/aromatic N) is 2. The highest BCUT2D eigenvalue weighted by Crippen LogP contribution is 2.18. The van der Waals surface area contributed by atoms with Crippen molar-refractivity contribution in [1.82, 2.24) is 9.88 Å². The topological polar surface area (TPSA) is 54.5 Å². The van der Waals surface area contributed by atoms with Crippen LogP contribution in [0.4, 0.5) is 15.0 Å². The van der Waals surface area contributed by atoms with Crippen LogP contribution >= 0.6 is 0 Å². The summed E-state index contributed by atoms with van der Waals surface area (Å²) in [5.41, 5.74) is -0.475. The zero-order valence-electron chi connectivity index (χ0n) is 12.7. The summed E-state index contributed by atoms with van der Waals surface area (Å²) in [5, 5.41) is 3.20. The Bertz CT molecular complexity index is 494. The normalized spacial score (nSPS) is 16.7. The number of aromatic nitrogens is 1. The Morgan fingerprint density at radius 1 is 1.38 bits per heavy atom. The first kappa shape index (κ1) is 15.5. The molecule has 1 aliphatic rings. The number of amides is 1. The van der Waals surface area contributed by atoms with E-state index in [0.29, 0.717) is 18.9 Å². The van der Waals surface area contributed by atoms with Gasteiger partial charge < -0.3 is 15.0 Å². The monoisotopic (exact) mass is 295 g/mol. The van der Waals surface area contributed by atoms with Gasteiger partial charge in [0, 0.05) is 19.1 Å². The molecule has 0 unspecified atom stereocenters. The number of ether oxygens (including phenoxy) is 1. The van der Waals surface area contributed by atoms with Gasteiger partial charge in [0.2, 0.25) is 5.95 Å². The van der Waals surface area contributed by atoms with Gasteiger partial charge in [-0.25, -0.2) is 9.78 Å². The van der Waals surface area contributed by atoms with E-state index in [-0.39, 0.29) is 12.1 Å². The van der Waals surface area contributed by atoms with E-state index in [1.54, 1.807) is 17.0 Å². The summed E-state index contributed by atoms with van der Waals surface area (Å²) in [5.74, 6) is 0.0388. The molecule has 21 heavy (non-hydrogen) atoms. The fraction of sp³-hybridized carbons (Fsp3) is 0.600. The van der Waals surface area contributed by atoms with Crippen LogP contribution in [0.1, 0.15) is 33.6 Å². The zero-order chi connectivity index (χ0) is 15.5. The first-order chi connectivity index (χ1) is 9.83. The molecule has 116 valence electrons. The second kappa shape index (κ2) is 6.28. The van der Waals surface area contributed by atoms with Gasteiger partial charge in [-0.15, -0.1) is 0 Å². The molecule has 2 heterocycles. The molecule has 2 rings (SSSR count). The van der Waals surface area contributed by atoms with E-state index >= 15 is 0 Å². The molecule has 1 N–H and O–H groups in total. The molecule has 1 aromatic heterocycles. The standard InChI is InChI=1S/C15H22FN3O2/c1-15(2,3)21-14(20)19-9-7-11(8-10-19)17-13-6-4-5-12(16)18-13/h4-6,11H,7-10H2,1-3H3,(H,17,18). The molecule has 0 saturated carbocycles. The molecule has 0 aliphatic carbocycles.